The SMILES string of the molecule is COCC(COC)(COC)COCC(CC=O)(CC=O)CC=O. The molecular weight excluding hydrogens is 304 g/mol. The third kappa shape index (κ3) is 7.78. The summed E-state index contributed by atoms with van der Waals surface area (Å²) in [4.78, 5) is 32.7. The van der Waals surface area contributed by atoms with Gasteiger partial charge in [0.1, 0.15) is 18.9 Å². The van der Waals surface area contributed by atoms with Crippen LogP contribution in [0.1, 0.15) is 19.3 Å². The second-order valence-electron chi connectivity index (χ2n) is 5.90. The van der Waals surface area contributed by atoms with Crippen molar-refractivity contribution in [2.45, 2.75) is 19.3 Å². The highest BCUT2D eigenvalue weighted by Gasteiger charge is 2.34. The summed E-state index contributed by atoms with van der Waals surface area (Å²) in [6, 6.07) is 0. The molecule has 0 N–H and O–H groups in total. The average Bonchev–Trinajstić information content (AvgIpc) is 2.49. The Balaban J connectivity index is 4.92. The van der Waals surface area contributed by atoms with Crippen LogP contribution in [0, 0.1) is 10.8 Å². The standard InChI is InChI=1S/C16H28O7/c1-20-10-16(11-21-2,12-22-3)14-23-13-15(4-7-17,5-8-18)6-9-19/h7-9H,4-6,10-14H2,1-3H3. The predicted octanol–water partition coefficient (Wildman–Crippen LogP) is 0.682. The van der Waals surface area contributed by atoms with Gasteiger partial charge >= 0.3 is 0 Å². The third-order valence-corrected chi connectivity index (χ3v) is 3.72. The van der Waals surface area contributed by atoms with Crippen LogP contribution in [0.2, 0.25) is 0 Å². The number of rotatable bonds is 16. The zero-order valence-electron chi connectivity index (χ0n) is 14.2. The summed E-state index contributed by atoms with van der Waals surface area (Å²) in [7, 11) is 4.74. The van der Waals surface area contributed by atoms with E-state index in [2.05, 4.69) is 0 Å². The summed E-state index contributed by atoms with van der Waals surface area (Å²) in [5.74, 6) is 0. The van der Waals surface area contributed by atoms with Crippen molar-refractivity contribution in [2.24, 2.45) is 10.8 Å². The fraction of sp³-hybridized carbons (Fsp3) is 0.812. The maximum Gasteiger partial charge on any atom is 0.120 e. The van der Waals surface area contributed by atoms with Crippen LogP contribution in [0.15, 0.2) is 0 Å². The highest BCUT2D eigenvalue weighted by molar-refractivity contribution is 5.60. The zero-order chi connectivity index (χ0) is 17.6. The molecule has 0 aliphatic rings. The van der Waals surface area contributed by atoms with E-state index >= 15 is 0 Å². The lowest BCUT2D eigenvalue weighted by molar-refractivity contribution is -0.123. The predicted molar refractivity (Wildman–Crippen MR) is 83.4 cm³/mol. The summed E-state index contributed by atoms with van der Waals surface area (Å²) in [5.41, 5.74) is -1.28. The highest BCUT2D eigenvalue weighted by Crippen LogP contribution is 2.30. The lowest BCUT2D eigenvalue weighted by Crippen LogP contribution is -2.42. The van der Waals surface area contributed by atoms with E-state index in [4.69, 9.17) is 18.9 Å². The van der Waals surface area contributed by atoms with Crippen molar-refractivity contribution in [3.05, 3.63) is 0 Å². The number of hydrogen-bond donors (Lipinski definition) is 0. The van der Waals surface area contributed by atoms with E-state index in [1.165, 1.54) is 0 Å². The molecule has 0 aromatic carbocycles. The first-order chi connectivity index (χ1) is 11.1. The first-order valence-electron chi connectivity index (χ1n) is 7.43. The molecule has 0 aliphatic heterocycles. The molecule has 0 aromatic rings. The molecule has 0 aliphatic carbocycles. The summed E-state index contributed by atoms with van der Waals surface area (Å²) >= 11 is 0. The topological polar surface area (TPSA) is 88.1 Å². The van der Waals surface area contributed by atoms with Crippen molar-refractivity contribution in [3.8, 4) is 0 Å². The molecule has 0 saturated carbocycles. The van der Waals surface area contributed by atoms with Crippen molar-refractivity contribution in [1.29, 1.82) is 0 Å². The Kier molecular flexibility index (Phi) is 11.7. The summed E-state index contributed by atoms with van der Waals surface area (Å²) in [6.45, 7) is 1.51. The minimum absolute atomic E-state index is 0.0936. The third-order valence-electron chi connectivity index (χ3n) is 3.72. The van der Waals surface area contributed by atoms with E-state index in [-0.39, 0.29) is 32.5 Å². The van der Waals surface area contributed by atoms with Gasteiger partial charge in [-0.05, 0) is 0 Å². The fourth-order valence-electron chi connectivity index (χ4n) is 2.61. The van der Waals surface area contributed by atoms with Crippen LogP contribution in [0.3, 0.4) is 0 Å². The Bertz CT molecular complexity index is 300. The molecule has 0 heterocycles. The molecular formula is C16H28O7. The maximum atomic E-state index is 10.9. The second-order valence-corrected chi connectivity index (χ2v) is 5.90. The summed E-state index contributed by atoms with van der Waals surface area (Å²) in [5, 5.41) is 0. The van der Waals surface area contributed by atoms with Crippen LogP contribution in [0.25, 0.3) is 0 Å². The van der Waals surface area contributed by atoms with E-state index in [1.807, 2.05) is 0 Å². The van der Waals surface area contributed by atoms with Gasteiger partial charge in [0.2, 0.25) is 0 Å². The number of aldehydes is 3. The summed E-state index contributed by atoms with van der Waals surface area (Å²) < 4.78 is 21.5. The molecule has 0 aromatic heterocycles. The summed E-state index contributed by atoms with van der Waals surface area (Å²) in [6.07, 6.45) is 2.41. The highest BCUT2D eigenvalue weighted by atomic mass is 16.5. The van der Waals surface area contributed by atoms with E-state index in [9.17, 15) is 14.4 Å². The molecule has 0 atom stereocenters. The number of ether oxygens (including phenoxy) is 4. The molecule has 134 valence electrons. The molecule has 0 spiro atoms. The molecule has 0 rings (SSSR count). The molecule has 23 heavy (non-hydrogen) atoms. The average molecular weight is 332 g/mol. The van der Waals surface area contributed by atoms with E-state index in [0.717, 1.165) is 0 Å². The van der Waals surface area contributed by atoms with Gasteiger partial charge in [0.05, 0.1) is 38.4 Å². The first-order valence-corrected chi connectivity index (χ1v) is 7.43. The normalized spacial score (nSPS) is 12.1. The maximum absolute atomic E-state index is 10.9. The number of carbonyl (C=O) groups excluding carboxylic acids is 3. The van der Waals surface area contributed by atoms with Crippen LogP contribution in [-0.2, 0) is 33.3 Å². The van der Waals surface area contributed by atoms with Crippen LogP contribution in [0.4, 0.5) is 0 Å². The van der Waals surface area contributed by atoms with Crippen LogP contribution >= 0.6 is 0 Å². The van der Waals surface area contributed by atoms with Crippen LogP contribution in [0.5, 0.6) is 0 Å². The first kappa shape index (κ1) is 21.9. The monoisotopic (exact) mass is 332 g/mol. The van der Waals surface area contributed by atoms with Gasteiger partial charge in [-0.2, -0.15) is 0 Å². The molecule has 0 bridgehead atoms. The van der Waals surface area contributed by atoms with Gasteiger partial charge in [-0.1, -0.05) is 0 Å². The number of hydrogen-bond acceptors (Lipinski definition) is 7. The van der Waals surface area contributed by atoms with Crippen molar-refractivity contribution in [3.63, 3.8) is 0 Å². The van der Waals surface area contributed by atoms with Crippen molar-refractivity contribution in [1.82, 2.24) is 0 Å². The van der Waals surface area contributed by atoms with Gasteiger partial charge in [-0.25, -0.2) is 0 Å². The Labute approximate surface area is 137 Å². The van der Waals surface area contributed by atoms with Gasteiger partial charge in [-0.3, -0.25) is 0 Å². The van der Waals surface area contributed by atoms with Gasteiger partial charge in [0.25, 0.3) is 0 Å². The largest absolute Gasteiger partial charge is 0.384 e. The smallest absolute Gasteiger partial charge is 0.120 e. The van der Waals surface area contributed by atoms with Gasteiger partial charge in [0.15, 0.2) is 0 Å². The minimum Gasteiger partial charge on any atom is -0.384 e. The Morgan fingerprint density at radius 3 is 1.26 bits per heavy atom. The number of carbonyl (C=O) groups is 3. The van der Waals surface area contributed by atoms with E-state index < -0.39 is 10.8 Å². The number of methoxy groups -OCH3 is 3. The molecule has 7 nitrogen and oxygen atoms in total. The molecule has 0 radical (unpaired) electrons. The Morgan fingerprint density at radius 2 is 0.957 bits per heavy atom. The molecule has 7 heteroatoms. The van der Waals surface area contributed by atoms with E-state index in [0.29, 0.717) is 38.7 Å². The van der Waals surface area contributed by atoms with Gasteiger partial charge in [-0.15, -0.1) is 0 Å². The van der Waals surface area contributed by atoms with Gasteiger partial charge < -0.3 is 33.3 Å². The second kappa shape index (κ2) is 12.3. The quantitative estimate of drug-likeness (QED) is 0.384. The van der Waals surface area contributed by atoms with E-state index in [1.54, 1.807) is 21.3 Å². The molecule has 0 fully saturated rings. The van der Waals surface area contributed by atoms with Crippen molar-refractivity contribution in [2.75, 3.05) is 54.4 Å². The molecule has 0 saturated heterocycles. The Hall–Kier alpha value is -1.15. The minimum atomic E-state index is -0.787. The van der Waals surface area contributed by atoms with Crippen LogP contribution < -0.4 is 0 Å². The lowest BCUT2D eigenvalue weighted by Gasteiger charge is -2.34. The van der Waals surface area contributed by atoms with Crippen LogP contribution in [-0.4, -0.2) is 73.2 Å². The van der Waals surface area contributed by atoms with Gasteiger partial charge in [0, 0.05) is 46.0 Å². The molecule has 0 amide bonds. The Morgan fingerprint density at radius 1 is 0.609 bits per heavy atom. The zero-order valence-corrected chi connectivity index (χ0v) is 14.2. The van der Waals surface area contributed by atoms with Crippen molar-refractivity contribution >= 4 is 18.9 Å². The fourth-order valence-corrected chi connectivity index (χ4v) is 2.61. The lowest BCUT2D eigenvalue weighted by atomic mass is 9.80. The molecule has 0 unspecified atom stereocenters. The van der Waals surface area contributed by atoms with Crippen molar-refractivity contribution < 1.29 is 33.3 Å².